The van der Waals surface area contributed by atoms with Crippen molar-refractivity contribution in [2.24, 2.45) is 0 Å². The summed E-state index contributed by atoms with van der Waals surface area (Å²) in [4.78, 5) is 0. The highest BCUT2D eigenvalue weighted by atomic mass is 35.5. The van der Waals surface area contributed by atoms with Crippen molar-refractivity contribution in [2.45, 2.75) is 0 Å². The Balaban J connectivity index is 3.03. The lowest BCUT2D eigenvalue weighted by atomic mass is 10.3. The monoisotopic (exact) mass is 257 g/mol. The van der Waals surface area contributed by atoms with Crippen LogP contribution in [0.3, 0.4) is 0 Å². The molecule has 78 valence electrons. The maximum absolute atomic E-state index is 13.0. The van der Waals surface area contributed by atoms with Gasteiger partial charge in [0.2, 0.25) is 10.0 Å². The van der Waals surface area contributed by atoms with E-state index in [1.54, 1.807) is 0 Å². The van der Waals surface area contributed by atoms with Crippen LogP contribution in [0, 0.1) is 5.82 Å². The molecule has 14 heavy (non-hydrogen) atoms. The molecule has 1 rings (SSSR count). The topological polar surface area (TPSA) is 46.2 Å². The van der Waals surface area contributed by atoms with Crippen molar-refractivity contribution in [3.8, 4) is 0 Å². The predicted molar refractivity (Wildman–Crippen MR) is 54.7 cm³/mol. The molecule has 0 unspecified atom stereocenters. The van der Waals surface area contributed by atoms with Gasteiger partial charge in [-0.05, 0) is 18.2 Å². The summed E-state index contributed by atoms with van der Waals surface area (Å²) in [5.41, 5.74) is -0.210. The lowest BCUT2D eigenvalue weighted by Gasteiger charge is -2.06. The van der Waals surface area contributed by atoms with Gasteiger partial charge in [0.05, 0.1) is 5.69 Å². The maximum Gasteiger partial charge on any atom is 0.246 e. The minimum Gasteiger partial charge on any atom is -0.280 e. The van der Waals surface area contributed by atoms with Gasteiger partial charge in [-0.1, -0.05) is 11.6 Å². The molecule has 1 N–H and O–H groups in total. The van der Waals surface area contributed by atoms with Crippen LogP contribution >= 0.6 is 23.2 Å². The van der Waals surface area contributed by atoms with Gasteiger partial charge in [0.1, 0.15) is 11.0 Å². The minimum atomic E-state index is -3.70. The van der Waals surface area contributed by atoms with Crippen LogP contribution in [0.2, 0.25) is 5.02 Å². The van der Waals surface area contributed by atoms with E-state index < -0.39 is 21.1 Å². The zero-order chi connectivity index (χ0) is 10.8. The van der Waals surface area contributed by atoms with Crippen molar-refractivity contribution in [1.82, 2.24) is 0 Å². The van der Waals surface area contributed by atoms with Crippen LogP contribution in [0.5, 0.6) is 0 Å². The van der Waals surface area contributed by atoms with Crippen molar-refractivity contribution in [3.05, 3.63) is 29.0 Å². The Morgan fingerprint density at radius 3 is 2.64 bits per heavy atom. The minimum absolute atomic E-state index is 0.210. The third-order valence-electron chi connectivity index (χ3n) is 1.34. The SMILES string of the molecule is O=S(=O)(CCl)Nc1cc(Cl)ccc1F. The molecule has 0 saturated carbocycles. The Morgan fingerprint density at radius 1 is 1.43 bits per heavy atom. The molecule has 0 radical (unpaired) electrons. The number of hydrogen-bond donors (Lipinski definition) is 1. The van der Waals surface area contributed by atoms with E-state index >= 15 is 0 Å². The van der Waals surface area contributed by atoms with Crippen molar-refractivity contribution in [1.29, 1.82) is 0 Å². The first-order chi connectivity index (χ1) is 6.44. The van der Waals surface area contributed by atoms with Gasteiger partial charge in [-0.2, -0.15) is 0 Å². The number of hydrogen-bond acceptors (Lipinski definition) is 2. The van der Waals surface area contributed by atoms with E-state index in [9.17, 15) is 12.8 Å². The molecule has 7 heteroatoms. The average Bonchev–Trinajstić information content (AvgIpc) is 2.11. The Hall–Kier alpha value is -0.520. The van der Waals surface area contributed by atoms with Crippen LogP contribution in [0.4, 0.5) is 10.1 Å². The second kappa shape index (κ2) is 4.33. The van der Waals surface area contributed by atoms with Gasteiger partial charge in [-0.25, -0.2) is 12.8 Å². The van der Waals surface area contributed by atoms with Crippen LogP contribution in [-0.2, 0) is 10.0 Å². The number of halogens is 3. The first-order valence-corrected chi connectivity index (χ1v) is 6.02. The number of anilines is 1. The second-order valence-corrected chi connectivity index (χ2v) is 5.19. The van der Waals surface area contributed by atoms with Crippen molar-refractivity contribution in [2.75, 3.05) is 9.93 Å². The summed E-state index contributed by atoms with van der Waals surface area (Å²) in [7, 11) is -3.70. The third-order valence-corrected chi connectivity index (χ3v) is 3.25. The van der Waals surface area contributed by atoms with E-state index in [4.69, 9.17) is 23.2 Å². The third kappa shape index (κ3) is 3.01. The zero-order valence-electron chi connectivity index (χ0n) is 6.80. The number of sulfonamides is 1. The summed E-state index contributed by atoms with van der Waals surface area (Å²) in [6.07, 6.45) is 0. The van der Waals surface area contributed by atoms with Gasteiger partial charge < -0.3 is 0 Å². The molecule has 0 aliphatic carbocycles. The molecule has 1 aromatic carbocycles. The first kappa shape index (κ1) is 11.6. The molecule has 0 saturated heterocycles. The molecule has 1 aromatic rings. The van der Waals surface area contributed by atoms with Crippen molar-refractivity contribution >= 4 is 38.9 Å². The van der Waals surface area contributed by atoms with Gasteiger partial charge in [-0.15, -0.1) is 11.6 Å². The highest BCUT2D eigenvalue weighted by Crippen LogP contribution is 2.20. The number of benzene rings is 1. The molecule has 0 atom stereocenters. The summed E-state index contributed by atoms with van der Waals surface area (Å²) >= 11 is 10.7. The fraction of sp³-hybridized carbons (Fsp3) is 0.143. The smallest absolute Gasteiger partial charge is 0.246 e. The Kier molecular flexibility index (Phi) is 3.58. The van der Waals surface area contributed by atoms with E-state index in [2.05, 4.69) is 0 Å². The van der Waals surface area contributed by atoms with Crippen LogP contribution in [0.1, 0.15) is 0 Å². The van der Waals surface area contributed by atoms with Crippen LogP contribution in [0.25, 0.3) is 0 Å². The standard InChI is InChI=1S/C7H6Cl2FNO2S/c8-4-14(12,13)11-7-3-5(9)1-2-6(7)10/h1-3,11H,4H2. The summed E-state index contributed by atoms with van der Waals surface area (Å²) in [6.45, 7) is 0. The molecule has 0 aliphatic heterocycles. The number of nitrogens with one attached hydrogen (secondary N) is 1. The van der Waals surface area contributed by atoms with E-state index in [0.29, 0.717) is 0 Å². The van der Waals surface area contributed by atoms with Crippen LogP contribution in [0.15, 0.2) is 18.2 Å². The predicted octanol–water partition coefficient (Wildman–Crippen LogP) is 2.42. The van der Waals surface area contributed by atoms with E-state index in [1.165, 1.54) is 12.1 Å². The van der Waals surface area contributed by atoms with Gasteiger partial charge in [0.25, 0.3) is 0 Å². The van der Waals surface area contributed by atoms with Crippen LogP contribution < -0.4 is 4.72 Å². The summed E-state index contributed by atoms with van der Waals surface area (Å²) in [6, 6.07) is 3.55. The van der Waals surface area contributed by atoms with E-state index in [1.807, 2.05) is 4.72 Å². The summed E-state index contributed by atoms with van der Waals surface area (Å²) in [5.74, 6) is -0.705. The lowest BCUT2D eigenvalue weighted by Crippen LogP contribution is -2.14. The molecule has 0 amide bonds. The van der Waals surface area contributed by atoms with Gasteiger partial charge >= 0.3 is 0 Å². The molecule has 0 aromatic heterocycles. The van der Waals surface area contributed by atoms with Crippen molar-refractivity contribution < 1.29 is 12.8 Å². The first-order valence-electron chi connectivity index (χ1n) is 3.46. The molecular weight excluding hydrogens is 252 g/mol. The summed E-state index contributed by atoms with van der Waals surface area (Å²) < 4.78 is 36.9. The number of rotatable bonds is 3. The normalized spacial score (nSPS) is 11.4. The fourth-order valence-corrected chi connectivity index (χ4v) is 1.65. The zero-order valence-corrected chi connectivity index (χ0v) is 9.13. The highest BCUT2D eigenvalue weighted by molar-refractivity contribution is 7.93. The molecule has 0 spiro atoms. The number of alkyl halides is 1. The molecule has 0 bridgehead atoms. The Morgan fingerprint density at radius 2 is 2.07 bits per heavy atom. The molecular formula is C7H6Cl2FNO2S. The van der Waals surface area contributed by atoms with Gasteiger partial charge in [0, 0.05) is 5.02 Å². The quantitative estimate of drug-likeness (QED) is 0.846. The fourth-order valence-electron chi connectivity index (χ4n) is 0.771. The van der Waals surface area contributed by atoms with Crippen LogP contribution in [-0.4, -0.2) is 13.6 Å². The Bertz CT molecular complexity index is 435. The lowest BCUT2D eigenvalue weighted by molar-refractivity contribution is 0.602. The molecule has 3 nitrogen and oxygen atoms in total. The maximum atomic E-state index is 13.0. The molecule has 0 aliphatic rings. The molecule has 0 fully saturated rings. The summed E-state index contributed by atoms with van der Waals surface area (Å²) in [5, 5.41) is -0.405. The largest absolute Gasteiger partial charge is 0.280 e. The van der Waals surface area contributed by atoms with E-state index in [0.717, 1.165) is 6.07 Å². The highest BCUT2D eigenvalue weighted by Gasteiger charge is 2.11. The van der Waals surface area contributed by atoms with Crippen molar-refractivity contribution in [3.63, 3.8) is 0 Å². The van der Waals surface area contributed by atoms with Gasteiger partial charge in [-0.3, -0.25) is 4.72 Å². The average molecular weight is 258 g/mol. The van der Waals surface area contributed by atoms with Gasteiger partial charge in [0.15, 0.2) is 0 Å². The Labute approximate surface area is 90.9 Å². The second-order valence-electron chi connectivity index (χ2n) is 2.45. The molecule has 0 heterocycles. The van der Waals surface area contributed by atoms with E-state index in [-0.39, 0.29) is 10.7 Å².